The highest BCUT2D eigenvalue weighted by atomic mass is 15.4. The zero-order valence-corrected chi connectivity index (χ0v) is 12.1. The van der Waals surface area contributed by atoms with Gasteiger partial charge in [0, 0.05) is 17.1 Å². The number of hydrogen-bond donors (Lipinski definition) is 1. The zero-order valence-electron chi connectivity index (χ0n) is 12.1. The predicted molar refractivity (Wildman–Crippen MR) is 75.5 cm³/mol. The highest BCUT2D eigenvalue weighted by molar-refractivity contribution is 5.30. The van der Waals surface area contributed by atoms with Gasteiger partial charge in [0.05, 0.1) is 5.69 Å². The van der Waals surface area contributed by atoms with E-state index in [2.05, 4.69) is 22.0 Å². The Morgan fingerprint density at radius 1 is 1.11 bits per heavy atom. The molecule has 0 amide bonds. The van der Waals surface area contributed by atoms with Crippen molar-refractivity contribution in [1.82, 2.24) is 19.7 Å². The van der Waals surface area contributed by atoms with Crippen LogP contribution in [-0.2, 0) is 6.42 Å². The van der Waals surface area contributed by atoms with Crippen molar-refractivity contribution in [2.75, 3.05) is 6.54 Å². The Hall–Kier alpha value is -1.75. The number of aromatic nitrogens is 4. The molecule has 102 valence electrons. The van der Waals surface area contributed by atoms with E-state index in [1.54, 1.807) is 0 Å². The van der Waals surface area contributed by atoms with Gasteiger partial charge in [0.2, 0.25) is 0 Å². The molecular formula is C14H21N5. The summed E-state index contributed by atoms with van der Waals surface area (Å²) in [5.74, 6) is 0.650. The Morgan fingerprint density at radius 3 is 2.32 bits per heavy atom. The summed E-state index contributed by atoms with van der Waals surface area (Å²) in [5, 5.41) is 4.57. The molecule has 0 aliphatic rings. The maximum absolute atomic E-state index is 5.58. The van der Waals surface area contributed by atoms with E-state index >= 15 is 0 Å². The fraction of sp³-hybridized carbons (Fsp3) is 0.500. The lowest BCUT2D eigenvalue weighted by atomic mass is 10.1. The molecule has 2 aromatic rings. The van der Waals surface area contributed by atoms with Gasteiger partial charge in [-0.3, -0.25) is 0 Å². The van der Waals surface area contributed by atoms with Crippen LogP contribution in [0.2, 0.25) is 0 Å². The third-order valence-corrected chi connectivity index (χ3v) is 3.23. The maximum atomic E-state index is 5.58. The van der Waals surface area contributed by atoms with Crippen LogP contribution in [0.1, 0.15) is 34.8 Å². The molecule has 5 heteroatoms. The molecule has 0 unspecified atom stereocenters. The van der Waals surface area contributed by atoms with E-state index in [9.17, 15) is 0 Å². The van der Waals surface area contributed by atoms with Gasteiger partial charge < -0.3 is 5.73 Å². The molecule has 2 N–H and O–H groups in total. The van der Waals surface area contributed by atoms with Crippen molar-refractivity contribution in [3.05, 3.63) is 34.4 Å². The van der Waals surface area contributed by atoms with Gasteiger partial charge in [-0.05, 0) is 58.7 Å². The lowest BCUT2D eigenvalue weighted by Crippen LogP contribution is -2.07. The third-order valence-electron chi connectivity index (χ3n) is 3.23. The number of hydrogen-bond acceptors (Lipinski definition) is 4. The van der Waals surface area contributed by atoms with E-state index in [0.717, 1.165) is 35.6 Å². The molecule has 0 aliphatic carbocycles. The van der Waals surface area contributed by atoms with Crippen LogP contribution in [-0.4, -0.2) is 26.3 Å². The number of nitrogens with two attached hydrogens (primary N) is 1. The fourth-order valence-electron chi connectivity index (χ4n) is 2.31. The molecule has 2 heterocycles. The molecule has 0 radical (unpaired) electrons. The summed E-state index contributed by atoms with van der Waals surface area (Å²) in [4.78, 5) is 8.93. The minimum absolute atomic E-state index is 0.650. The first-order valence-electron chi connectivity index (χ1n) is 6.60. The topological polar surface area (TPSA) is 69.6 Å². The first kappa shape index (κ1) is 13.7. The summed E-state index contributed by atoms with van der Waals surface area (Å²) >= 11 is 0. The van der Waals surface area contributed by atoms with Crippen molar-refractivity contribution in [1.29, 1.82) is 0 Å². The average molecular weight is 259 g/mol. The van der Waals surface area contributed by atoms with E-state index in [0.29, 0.717) is 12.5 Å². The quantitative estimate of drug-likeness (QED) is 0.908. The second-order valence-electron chi connectivity index (χ2n) is 4.90. The average Bonchev–Trinajstić information content (AvgIpc) is 2.61. The van der Waals surface area contributed by atoms with E-state index in [1.165, 1.54) is 5.56 Å². The summed E-state index contributed by atoms with van der Waals surface area (Å²) in [5.41, 5.74) is 10.9. The summed E-state index contributed by atoms with van der Waals surface area (Å²) in [6, 6.07) is 1.96. The molecule has 0 fully saturated rings. The van der Waals surface area contributed by atoms with Crippen LogP contribution in [0.3, 0.4) is 0 Å². The second kappa shape index (κ2) is 5.48. The van der Waals surface area contributed by atoms with Crippen molar-refractivity contribution in [2.45, 2.75) is 40.5 Å². The molecule has 2 aromatic heterocycles. The molecule has 0 saturated carbocycles. The fourth-order valence-corrected chi connectivity index (χ4v) is 2.31. The van der Waals surface area contributed by atoms with E-state index in [1.807, 2.05) is 31.5 Å². The van der Waals surface area contributed by atoms with Crippen molar-refractivity contribution in [3.63, 3.8) is 0 Å². The number of rotatable bonds is 4. The Labute approximate surface area is 113 Å². The molecule has 0 saturated heterocycles. The Balaban J connectivity index is 2.45. The van der Waals surface area contributed by atoms with Crippen LogP contribution in [0.25, 0.3) is 5.95 Å². The van der Waals surface area contributed by atoms with Crippen molar-refractivity contribution >= 4 is 0 Å². The van der Waals surface area contributed by atoms with Crippen molar-refractivity contribution < 1.29 is 0 Å². The minimum Gasteiger partial charge on any atom is -0.330 e. The highest BCUT2D eigenvalue weighted by Crippen LogP contribution is 2.17. The molecule has 0 aliphatic heterocycles. The van der Waals surface area contributed by atoms with Crippen LogP contribution in [0, 0.1) is 27.7 Å². The van der Waals surface area contributed by atoms with Crippen LogP contribution >= 0.6 is 0 Å². The summed E-state index contributed by atoms with van der Waals surface area (Å²) in [7, 11) is 0. The first-order valence-corrected chi connectivity index (χ1v) is 6.60. The van der Waals surface area contributed by atoms with Crippen LogP contribution in [0.4, 0.5) is 0 Å². The van der Waals surface area contributed by atoms with Crippen molar-refractivity contribution in [2.24, 2.45) is 5.73 Å². The molecule has 0 bridgehead atoms. The molecule has 5 nitrogen and oxygen atoms in total. The summed E-state index contributed by atoms with van der Waals surface area (Å²) in [6.45, 7) is 8.73. The van der Waals surface area contributed by atoms with Crippen LogP contribution in [0.5, 0.6) is 0 Å². The van der Waals surface area contributed by atoms with Gasteiger partial charge in [0.15, 0.2) is 0 Å². The van der Waals surface area contributed by atoms with E-state index < -0.39 is 0 Å². The summed E-state index contributed by atoms with van der Waals surface area (Å²) in [6.07, 6.45) is 1.93. The Morgan fingerprint density at radius 2 is 1.74 bits per heavy atom. The van der Waals surface area contributed by atoms with Gasteiger partial charge in [-0.25, -0.2) is 14.6 Å². The smallest absolute Gasteiger partial charge is 0.251 e. The lowest BCUT2D eigenvalue weighted by molar-refractivity contribution is 0.760. The largest absolute Gasteiger partial charge is 0.330 e. The Bertz CT molecular complexity index is 566. The lowest BCUT2D eigenvalue weighted by Gasteiger charge is -2.05. The molecular weight excluding hydrogens is 238 g/mol. The molecule has 0 atom stereocenters. The van der Waals surface area contributed by atoms with Gasteiger partial charge in [-0.2, -0.15) is 5.10 Å². The first-order chi connectivity index (χ1) is 9.02. The molecule has 19 heavy (non-hydrogen) atoms. The molecule has 2 rings (SSSR count). The second-order valence-corrected chi connectivity index (χ2v) is 4.90. The third kappa shape index (κ3) is 2.81. The number of nitrogens with zero attached hydrogens (tertiary/aromatic N) is 4. The van der Waals surface area contributed by atoms with Gasteiger partial charge >= 0.3 is 0 Å². The van der Waals surface area contributed by atoms with Gasteiger partial charge in [0.25, 0.3) is 5.95 Å². The van der Waals surface area contributed by atoms with Crippen molar-refractivity contribution in [3.8, 4) is 5.95 Å². The standard InChI is InChI=1S/C14H21N5/c1-9-8-10(2)17-14(16-9)19-12(4)13(6-5-7-15)11(3)18-19/h8H,5-7,15H2,1-4H3. The zero-order chi connectivity index (χ0) is 14.0. The SMILES string of the molecule is Cc1cc(C)nc(-n2nc(C)c(CCCN)c2C)n1. The molecule has 0 aromatic carbocycles. The van der Waals surface area contributed by atoms with Crippen LogP contribution < -0.4 is 5.73 Å². The normalized spacial score (nSPS) is 11.0. The van der Waals surface area contributed by atoms with E-state index in [4.69, 9.17) is 5.73 Å². The van der Waals surface area contributed by atoms with Gasteiger partial charge in [-0.15, -0.1) is 0 Å². The highest BCUT2D eigenvalue weighted by Gasteiger charge is 2.14. The van der Waals surface area contributed by atoms with Gasteiger partial charge in [-0.1, -0.05) is 0 Å². The number of aryl methyl sites for hydroxylation is 3. The Kier molecular flexibility index (Phi) is 3.95. The minimum atomic E-state index is 0.650. The van der Waals surface area contributed by atoms with Gasteiger partial charge in [0.1, 0.15) is 0 Å². The maximum Gasteiger partial charge on any atom is 0.251 e. The monoisotopic (exact) mass is 259 g/mol. The molecule has 0 spiro atoms. The predicted octanol–water partition coefficient (Wildman–Crippen LogP) is 1.79. The van der Waals surface area contributed by atoms with E-state index in [-0.39, 0.29) is 0 Å². The summed E-state index contributed by atoms with van der Waals surface area (Å²) < 4.78 is 1.83. The van der Waals surface area contributed by atoms with Crippen LogP contribution in [0.15, 0.2) is 6.07 Å².